The number of carbonyl (C=O) groups excluding carboxylic acids is 2. The Kier molecular flexibility index (Phi) is 1.59. The van der Waals surface area contributed by atoms with Gasteiger partial charge in [0.05, 0.1) is 6.54 Å². The fourth-order valence-electron chi connectivity index (χ4n) is 0.677. The van der Waals surface area contributed by atoms with Gasteiger partial charge in [-0.3, -0.25) is 4.79 Å². The second-order valence-electron chi connectivity index (χ2n) is 1.85. The monoisotopic (exact) mass is 137 g/mol. The van der Waals surface area contributed by atoms with E-state index in [9.17, 15) is 9.59 Å². The van der Waals surface area contributed by atoms with Crippen LogP contribution in [0, 0.1) is 12.3 Å². The van der Waals surface area contributed by atoms with Crippen molar-refractivity contribution in [3.8, 4) is 12.3 Å². The molecule has 4 nitrogen and oxygen atoms in total. The highest BCUT2D eigenvalue weighted by Crippen LogP contribution is 1.97. The minimum absolute atomic E-state index is 0.0308. The Morgan fingerprint density at radius 1 is 1.70 bits per heavy atom. The van der Waals surface area contributed by atoms with E-state index in [1.807, 2.05) is 0 Å². The summed E-state index contributed by atoms with van der Waals surface area (Å²) in [7, 11) is 0. The lowest BCUT2D eigenvalue weighted by molar-refractivity contribution is -0.118. The van der Waals surface area contributed by atoms with Gasteiger partial charge < -0.3 is 4.90 Å². The predicted molar refractivity (Wildman–Crippen MR) is 32.9 cm³/mol. The summed E-state index contributed by atoms with van der Waals surface area (Å²) in [6.07, 6.45) is 4.92. The highest BCUT2D eigenvalue weighted by molar-refractivity contribution is 6.01. The summed E-state index contributed by atoms with van der Waals surface area (Å²) < 4.78 is 0. The lowest BCUT2D eigenvalue weighted by atomic mass is 10.5. The fraction of sp³-hybridized carbons (Fsp3) is 0.333. The van der Waals surface area contributed by atoms with Gasteiger partial charge in [0.1, 0.15) is 6.54 Å². The first kappa shape index (κ1) is 6.62. The van der Waals surface area contributed by atoms with Crippen molar-refractivity contribution in [3.05, 3.63) is 0 Å². The van der Waals surface area contributed by atoms with Crippen molar-refractivity contribution in [1.82, 2.24) is 10.2 Å². The lowest BCUT2D eigenvalue weighted by Gasteiger charge is -2.05. The molecule has 1 rings (SSSR count). The molecule has 0 aromatic heterocycles. The summed E-state index contributed by atoms with van der Waals surface area (Å²) in [5, 5.41) is 3.14. The van der Waals surface area contributed by atoms with Crippen LogP contribution in [0.3, 0.4) is 0 Å². The highest BCUT2D eigenvalue weighted by atomic mass is 16.2. The Labute approximate surface area is 58.2 Å². The van der Waals surface area contributed by atoms with Crippen LogP contribution in [0.5, 0.6) is 0 Å². The molecule has 51 valence electrons. The predicted octanol–water partition coefficient (Wildman–Crippen LogP) is -0.814. The SMILES string of the molecule is C#CCN1CC(=O)[N]C1=O. The zero-order valence-corrected chi connectivity index (χ0v) is 5.20. The first-order valence-corrected chi connectivity index (χ1v) is 2.71. The Morgan fingerprint density at radius 3 is 2.80 bits per heavy atom. The quantitative estimate of drug-likeness (QED) is 0.350. The zero-order valence-electron chi connectivity index (χ0n) is 5.20. The normalized spacial score (nSPS) is 16.9. The van der Waals surface area contributed by atoms with Gasteiger partial charge in [-0.05, 0) is 0 Å². The molecule has 0 bridgehead atoms. The average Bonchev–Trinajstić information content (AvgIpc) is 2.13. The Bertz CT molecular complexity index is 216. The number of nitrogens with zero attached hydrogens (tertiary/aromatic N) is 2. The number of amides is 3. The number of rotatable bonds is 1. The second-order valence-corrected chi connectivity index (χ2v) is 1.85. The maximum atomic E-state index is 10.6. The van der Waals surface area contributed by atoms with E-state index in [1.165, 1.54) is 4.90 Å². The average molecular weight is 137 g/mol. The van der Waals surface area contributed by atoms with Crippen molar-refractivity contribution in [3.63, 3.8) is 0 Å². The van der Waals surface area contributed by atoms with E-state index in [4.69, 9.17) is 6.42 Å². The summed E-state index contributed by atoms with van der Waals surface area (Å²) in [5.41, 5.74) is 0. The number of hydrogen-bond donors (Lipinski definition) is 0. The van der Waals surface area contributed by atoms with Gasteiger partial charge in [0.2, 0.25) is 0 Å². The maximum absolute atomic E-state index is 10.6. The topological polar surface area (TPSA) is 51.5 Å². The number of imide groups is 1. The van der Waals surface area contributed by atoms with Crippen molar-refractivity contribution in [2.75, 3.05) is 13.1 Å². The number of carbonyl (C=O) groups is 2. The molecule has 0 aliphatic carbocycles. The minimum Gasteiger partial charge on any atom is -0.302 e. The van der Waals surface area contributed by atoms with Crippen LogP contribution in [-0.2, 0) is 4.79 Å². The summed E-state index contributed by atoms with van der Waals surface area (Å²) in [6.45, 7) is 0.192. The molecule has 3 amide bonds. The molecule has 1 fully saturated rings. The third-order valence-electron chi connectivity index (χ3n) is 1.10. The van der Waals surface area contributed by atoms with Crippen LogP contribution < -0.4 is 5.32 Å². The molecule has 0 atom stereocenters. The van der Waals surface area contributed by atoms with Gasteiger partial charge in [0, 0.05) is 0 Å². The van der Waals surface area contributed by atoms with Crippen LogP contribution in [0.25, 0.3) is 0 Å². The van der Waals surface area contributed by atoms with Gasteiger partial charge in [-0.2, -0.15) is 5.32 Å². The third kappa shape index (κ3) is 1.08. The smallest absolute Gasteiger partial charge is 0.302 e. The second kappa shape index (κ2) is 2.40. The molecule has 0 aromatic rings. The van der Waals surface area contributed by atoms with E-state index >= 15 is 0 Å². The first-order valence-electron chi connectivity index (χ1n) is 2.71. The molecule has 1 aliphatic heterocycles. The minimum atomic E-state index is -0.525. The van der Waals surface area contributed by atoms with E-state index in [-0.39, 0.29) is 13.1 Å². The molecule has 1 radical (unpaired) electrons. The number of hydrogen-bond acceptors (Lipinski definition) is 2. The van der Waals surface area contributed by atoms with Crippen LogP contribution in [0.2, 0.25) is 0 Å². The van der Waals surface area contributed by atoms with E-state index in [0.29, 0.717) is 0 Å². The molecule has 0 spiro atoms. The van der Waals surface area contributed by atoms with Gasteiger partial charge in [-0.25, -0.2) is 4.79 Å². The van der Waals surface area contributed by atoms with Crippen LogP contribution >= 0.6 is 0 Å². The van der Waals surface area contributed by atoms with Crippen LogP contribution in [0.15, 0.2) is 0 Å². The van der Waals surface area contributed by atoms with E-state index in [2.05, 4.69) is 11.2 Å². The summed E-state index contributed by atoms with van der Waals surface area (Å²) in [6, 6.07) is -0.525. The van der Waals surface area contributed by atoms with Crippen molar-refractivity contribution in [2.24, 2.45) is 0 Å². The van der Waals surface area contributed by atoms with Crippen molar-refractivity contribution in [2.45, 2.75) is 0 Å². The molecule has 0 saturated carbocycles. The Balaban J connectivity index is 2.56. The standard InChI is InChI=1S/C6H5N2O2/c1-2-3-8-4-5(9)7-6(8)10/h1H,3-4H2. The van der Waals surface area contributed by atoms with Gasteiger partial charge in [-0.1, -0.05) is 5.92 Å². The van der Waals surface area contributed by atoms with Crippen LogP contribution in [0.1, 0.15) is 0 Å². The van der Waals surface area contributed by atoms with Gasteiger partial charge in [0.25, 0.3) is 5.91 Å². The maximum Gasteiger partial charge on any atom is 0.348 e. The van der Waals surface area contributed by atoms with Gasteiger partial charge >= 0.3 is 6.03 Å². The molecule has 1 heterocycles. The zero-order chi connectivity index (χ0) is 7.56. The highest BCUT2D eigenvalue weighted by Gasteiger charge is 2.27. The van der Waals surface area contributed by atoms with Crippen molar-refractivity contribution >= 4 is 11.9 Å². The molecule has 0 aromatic carbocycles. The van der Waals surface area contributed by atoms with Gasteiger partial charge in [0.15, 0.2) is 0 Å². The van der Waals surface area contributed by atoms with E-state index < -0.39 is 11.9 Å². The van der Waals surface area contributed by atoms with Crippen molar-refractivity contribution < 1.29 is 9.59 Å². The molecular formula is C6H5N2O2. The summed E-state index contributed by atoms with van der Waals surface area (Å²) in [4.78, 5) is 22.3. The van der Waals surface area contributed by atoms with E-state index in [1.54, 1.807) is 0 Å². The molecule has 0 unspecified atom stereocenters. The molecule has 0 N–H and O–H groups in total. The first-order chi connectivity index (χ1) is 4.74. The molecular weight excluding hydrogens is 132 g/mol. The van der Waals surface area contributed by atoms with E-state index in [0.717, 1.165) is 0 Å². The molecule has 10 heavy (non-hydrogen) atoms. The fourth-order valence-corrected chi connectivity index (χ4v) is 0.677. The Morgan fingerprint density at radius 2 is 2.40 bits per heavy atom. The number of terminal acetylenes is 1. The van der Waals surface area contributed by atoms with Crippen LogP contribution in [-0.4, -0.2) is 29.9 Å². The summed E-state index contributed by atoms with van der Waals surface area (Å²) >= 11 is 0. The van der Waals surface area contributed by atoms with Gasteiger partial charge in [-0.15, -0.1) is 6.42 Å². The lowest BCUT2D eigenvalue weighted by Crippen LogP contribution is -2.25. The molecule has 4 heteroatoms. The molecule has 1 saturated heterocycles. The van der Waals surface area contributed by atoms with Crippen molar-refractivity contribution in [1.29, 1.82) is 0 Å². The largest absolute Gasteiger partial charge is 0.348 e. The number of urea groups is 1. The Hall–Kier alpha value is -1.50. The van der Waals surface area contributed by atoms with Crippen LogP contribution in [0.4, 0.5) is 4.79 Å². The summed E-state index contributed by atoms with van der Waals surface area (Å²) in [5.74, 6) is 1.84. The molecule has 1 aliphatic rings. The third-order valence-corrected chi connectivity index (χ3v) is 1.10.